The molecule has 1 unspecified atom stereocenters. The van der Waals surface area contributed by atoms with E-state index in [4.69, 9.17) is 12.2 Å². The zero-order valence-electron chi connectivity index (χ0n) is 10.1. The van der Waals surface area contributed by atoms with Crippen molar-refractivity contribution in [2.24, 2.45) is 0 Å². The van der Waals surface area contributed by atoms with E-state index in [2.05, 4.69) is 21.6 Å². The molecule has 1 N–H and O–H groups in total. The molecule has 3 nitrogen and oxygen atoms in total. The van der Waals surface area contributed by atoms with Crippen molar-refractivity contribution in [3.63, 3.8) is 0 Å². The third-order valence-electron chi connectivity index (χ3n) is 3.40. The molecule has 0 aliphatic carbocycles. The third kappa shape index (κ3) is 2.36. The van der Waals surface area contributed by atoms with E-state index in [0.717, 1.165) is 36.6 Å². The van der Waals surface area contributed by atoms with Crippen molar-refractivity contribution in [3.05, 3.63) is 28.2 Å². The largest absolute Gasteiger partial charge is 0.392 e. The van der Waals surface area contributed by atoms with E-state index < -0.39 is 0 Å². The maximum Gasteiger partial charge on any atom is 0.163 e. The smallest absolute Gasteiger partial charge is 0.163 e. The number of aromatic nitrogens is 1. The Morgan fingerprint density at radius 3 is 3.06 bits per heavy atom. The van der Waals surface area contributed by atoms with E-state index in [0.29, 0.717) is 0 Å². The summed E-state index contributed by atoms with van der Waals surface area (Å²) < 4.78 is 4.32. The molecule has 1 fully saturated rings. The van der Waals surface area contributed by atoms with Crippen LogP contribution >= 0.6 is 23.6 Å². The Balaban J connectivity index is 1.90. The summed E-state index contributed by atoms with van der Waals surface area (Å²) in [6.07, 6.45) is 1.81. The van der Waals surface area contributed by atoms with Gasteiger partial charge in [-0.2, -0.15) is 0 Å². The number of benzene rings is 1. The average molecular weight is 280 g/mol. The highest BCUT2D eigenvalue weighted by atomic mass is 32.1. The predicted octanol–water partition coefficient (Wildman–Crippen LogP) is 2.85. The van der Waals surface area contributed by atoms with Crippen molar-refractivity contribution in [1.29, 1.82) is 0 Å². The van der Waals surface area contributed by atoms with Crippen molar-refractivity contribution < 1.29 is 5.11 Å². The van der Waals surface area contributed by atoms with E-state index in [-0.39, 0.29) is 6.10 Å². The van der Waals surface area contributed by atoms with Gasteiger partial charge in [-0.3, -0.25) is 4.90 Å². The Hall–Kier alpha value is -0.750. The Kier molecular flexibility index (Phi) is 3.48. The third-order valence-corrected chi connectivity index (χ3v) is 4.83. The van der Waals surface area contributed by atoms with Gasteiger partial charge in [0.1, 0.15) is 0 Å². The molecule has 1 aromatic heterocycles. The topological polar surface area (TPSA) is 28.4 Å². The van der Waals surface area contributed by atoms with Crippen LogP contribution in [0.5, 0.6) is 0 Å². The second-order valence-corrected chi connectivity index (χ2v) is 6.45. The van der Waals surface area contributed by atoms with Crippen molar-refractivity contribution >= 4 is 33.8 Å². The van der Waals surface area contributed by atoms with Gasteiger partial charge in [0.05, 0.1) is 23.0 Å². The lowest BCUT2D eigenvalue weighted by atomic mass is 10.1. The van der Waals surface area contributed by atoms with Crippen LogP contribution in [0.1, 0.15) is 12.8 Å². The molecular formula is C13H16N2OS2. The van der Waals surface area contributed by atoms with Gasteiger partial charge >= 0.3 is 0 Å². The molecule has 0 saturated carbocycles. The van der Waals surface area contributed by atoms with Gasteiger partial charge in [0.2, 0.25) is 0 Å². The number of aliphatic hydroxyl groups is 1. The molecule has 1 aliphatic heterocycles. The molecule has 0 spiro atoms. The SMILES string of the molecule is OC1CCCN(Cn2c(=S)sc3ccccc32)C1. The van der Waals surface area contributed by atoms with Gasteiger partial charge in [-0.15, -0.1) is 11.3 Å². The van der Waals surface area contributed by atoms with Crippen LogP contribution in [0.25, 0.3) is 10.2 Å². The van der Waals surface area contributed by atoms with Gasteiger partial charge in [0, 0.05) is 13.1 Å². The highest BCUT2D eigenvalue weighted by Crippen LogP contribution is 2.23. The second-order valence-electron chi connectivity index (χ2n) is 4.78. The van der Waals surface area contributed by atoms with Gasteiger partial charge in [-0.1, -0.05) is 12.1 Å². The summed E-state index contributed by atoms with van der Waals surface area (Å²) in [4.78, 5) is 2.28. The number of para-hydroxylation sites is 1. The molecule has 0 amide bonds. The number of nitrogens with zero attached hydrogens (tertiary/aromatic N) is 2. The number of hydrogen-bond acceptors (Lipinski definition) is 4. The summed E-state index contributed by atoms with van der Waals surface area (Å²) in [5, 5.41) is 9.72. The zero-order chi connectivity index (χ0) is 12.5. The van der Waals surface area contributed by atoms with E-state index in [1.165, 1.54) is 10.2 Å². The first-order valence-corrected chi connectivity index (χ1v) is 7.45. The molecule has 0 radical (unpaired) electrons. The minimum Gasteiger partial charge on any atom is -0.392 e. The fraction of sp³-hybridized carbons (Fsp3) is 0.462. The van der Waals surface area contributed by atoms with Crippen LogP contribution < -0.4 is 0 Å². The highest BCUT2D eigenvalue weighted by molar-refractivity contribution is 7.73. The van der Waals surface area contributed by atoms with Crippen LogP contribution in [0.4, 0.5) is 0 Å². The fourth-order valence-corrected chi connectivity index (χ4v) is 3.82. The van der Waals surface area contributed by atoms with Crippen LogP contribution in [-0.2, 0) is 6.67 Å². The van der Waals surface area contributed by atoms with Crippen LogP contribution in [0.2, 0.25) is 0 Å². The summed E-state index contributed by atoms with van der Waals surface area (Å²) in [6, 6.07) is 8.31. The molecule has 2 heterocycles. The molecule has 5 heteroatoms. The lowest BCUT2D eigenvalue weighted by Crippen LogP contribution is -2.39. The molecule has 96 valence electrons. The van der Waals surface area contributed by atoms with Crippen molar-refractivity contribution in [3.8, 4) is 0 Å². The zero-order valence-corrected chi connectivity index (χ0v) is 11.7. The number of aliphatic hydroxyl groups excluding tert-OH is 1. The van der Waals surface area contributed by atoms with Crippen molar-refractivity contribution in [1.82, 2.24) is 9.47 Å². The summed E-state index contributed by atoms with van der Waals surface area (Å²) >= 11 is 7.10. The fourth-order valence-electron chi connectivity index (χ4n) is 2.51. The number of fused-ring (bicyclic) bond motifs is 1. The minimum atomic E-state index is -0.183. The highest BCUT2D eigenvalue weighted by Gasteiger charge is 2.18. The summed E-state index contributed by atoms with van der Waals surface area (Å²) in [5.74, 6) is 0. The van der Waals surface area contributed by atoms with Crippen molar-refractivity contribution in [2.45, 2.75) is 25.6 Å². The van der Waals surface area contributed by atoms with E-state index in [9.17, 15) is 5.11 Å². The molecule has 2 aromatic rings. The summed E-state index contributed by atoms with van der Waals surface area (Å²) in [5.41, 5.74) is 1.20. The number of thiazole rings is 1. The van der Waals surface area contributed by atoms with Crippen LogP contribution in [0.3, 0.4) is 0 Å². The van der Waals surface area contributed by atoms with Crippen LogP contribution in [0, 0.1) is 3.95 Å². The number of likely N-dealkylation sites (tertiary alicyclic amines) is 1. The molecule has 1 aromatic carbocycles. The van der Waals surface area contributed by atoms with E-state index >= 15 is 0 Å². The number of hydrogen-bond donors (Lipinski definition) is 1. The second kappa shape index (κ2) is 5.09. The van der Waals surface area contributed by atoms with Gasteiger partial charge in [0.25, 0.3) is 0 Å². The first-order valence-electron chi connectivity index (χ1n) is 6.23. The Morgan fingerprint density at radius 2 is 2.22 bits per heavy atom. The van der Waals surface area contributed by atoms with Gasteiger partial charge in [-0.05, 0) is 37.2 Å². The Labute approximate surface area is 115 Å². The summed E-state index contributed by atoms with van der Waals surface area (Å²) in [6.45, 7) is 2.59. The van der Waals surface area contributed by atoms with Gasteiger partial charge < -0.3 is 9.67 Å². The molecule has 1 atom stereocenters. The first kappa shape index (κ1) is 12.3. The normalized spacial score (nSPS) is 21.5. The van der Waals surface area contributed by atoms with E-state index in [1.54, 1.807) is 11.3 Å². The van der Waals surface area contributed by atoms with E-state index in [1.807, 2.05) is 12.1 Å². The first-order chi connectivity index (χ1) is 8.74. The minimum absolute atomic E-state index is 0.183. The number of piperidine rings is 1. The molecule has 1 saturated heterocycles. The maximum atomic E-state index is 9.72. The molecule has 18 heavy (non-hydrogen) atoms. The van der Waals surface area contributed by atoms with Crippen LogP contribution in [-0.4, -0.2) is 33.8 Å². The summed E-state index contributed by atoms with van der Waals surface area (Å²) in [7, 11) is 0. The quantitative estimate of drug-likeness (QED) is 0.858. The number of β-amino-alcohol motifs (C(OH)–C–C–N with tert-alkyl or cyclic N) is 1. The monoisotopic (exact) mass is 280 g/mol. The maximum absolute atomic E-state index is 9.72. The van der Waals surface area contributed by atoms with Crippen molar-refractivity contribution in [2.75, 3.05) is 13.1 Å². The molecule has 1 aliphatic rings. The Bertz CT molecular complexity index is 604. The van der Waals surface area contributed by atoms with Gasteiger partial charge in [-0.25, -0.2) is 0 Å². The van der Waals surface area contributed by atoms with Gasteiger partial charge in [0.15, 0.2) is 3.95 Å². The molecular weight excluding hydrogens is 264 g/mol. The van der Waals surface area contributed by atoms with Crippen LogP contribution in [0.15, 0.2) is 24.3 Å². The Morgan fingerprint density at radius 1 is 1.39 bits per heavy atom. The lowest BCUT2D eigenvalue weighted by molar-refractivity contribution is 0.0551. The predicted molar refractivity (Wildman–Crippen MR) is 77.5 cm³/mol. The average Bonchev–Trinajstić information content (AvgIpc) is 2.66. The molecule has 3 rings (SSSR count). The number of rotatable bonds is 2. The molecule has 0 bridgehead atoms. The standard InChI is InChI=1S/C13H16N2OS2/c16-10-4-3-7-14(8-10)9-15-11-5-1-2-6-12(11)18-13(15)17/h1-2,5-6,10,16H,3-4,7-9H2. The lowest BCUT2D eigenvalue weighted by Gasteiger charge is -2.30.